The molecule has 0 atom stereocenters. The molecule has 7 heteroatoms. The van der Waals surface area contributed by atoms with Gasteiger partial charge in [-0.2, -0.15) is 13.2 Å². The average molecular weight is 256 g/mol. The molecule has 1 heterocycles. The van der Waals surface area contributed by atoms with Gasteiger partial charge in [-0.15, -0.1) is 5.10 Å². The van der Waals surface area contributed by atoms with E-state index in [9.17, 15) is 13.2 Å². The van der Waals surface area contributed by atoms with Crippen LogP contribution in [0.3, 0.4) is 0 Å². The van der Waals surface area contributed by atoms with Gasteiger partial charge in [-0.3, -0.25) is 0 Å². The predicted octanol–water partition coefficient (Wildman–Crippen LogP) is 2.57. The van der Waals surface area contributed by atoms with Crippen LogP contribution in [0.1, 0.15) is 12.5 Å². The Bertz CT molecular complexity index is 560. The molecule has 18 heavy (non-hydrogen) atoms. The van der Waals surface area contributed by atoms with Crippen molar-refractivity contribution in [3.63, 3.8) is 0 Å². The fourth-order valence-corrected chi connectivity index (χ4v) is 1.76. The number of anilines is 1. The van der Waals surface area contributed by atoms with Crippen molar-refractivity contribution in [3.05, 3.63) is 29.8 Å². The highest BCUT2D eigenvalue weighted by Gasteiger charge is 2.34. The quantitative estimate of drug-likeness (QED) is 0.898. The SMILES string of the molecule is CCn1nnc(N)c1-c1ccccc1C(F)(F)F. The summed E-state index contributed by atoms with van der Waals surface area (Å²) in [5.74, 6) is -0.00597. The maximum absolute atomic E-state index is 12.9. The lowest BCUT2D eigenvalue weighted by atomic mass is 10.0. The van der Waals surface area contributed by atoms with Crippen molar-refractivity contribution in [1.29, 1.82) is 0 Å². The lowest BCUT2D eigenvalue weighted by molar-refractivity contribution is -0.137. The van der Waals surface area contributed by atoms with Crippen LogP contribution in [-0.4, -0.2) is 15.0 Å². The van der Waals surface area contributed by atoms with Crippen LogP contribution >= 0.6 is 0 Å². The fourth-order valence-electron chi connectivity index (χ4n) is 1.76. The van der Waals surface area contributed by atoms with Crippen molar-refractivity contribution in [2.75, 3.05) is 5.73 Å². The summed E-state index contributed by atoms with van der Waals surface area (Å²) < 4.78 is 40.1. The van der Waals surface area contributed by atoms with Gasteiger partial charge in [-0.05, 0) is 13.0 Å². The van der Waals surface area contributed by atoms with Crippen LogP contribution in [0.4, 0.5) is 19.0 Å². The average Bonchev–Trinajstić information content (AvgIpc) is 2.69. The van der Waals surface area contributed by atoms with Crippen LogP contribution < -0.4 is 5.73 Å². The first-order valence-electron chi connectivity index (χ1n) is 5.30. The number of nitrogens with two attached hydrogens (primary N) is 1. The van der Waals surface area contributed by atoms with Crippen molar-refractivity contribution >= 4 is 5.82 Å². The number of hydrogen-bond acceptors (Lipinski definition) is 3. The second-order valence-electron chi connectivity index (χ2n) is 3.68. The first kappa shape index (κ1) is 12.4. The summed E-state index contributed by atoms with van der Waals surface area (Å²) in [6, 6.07) is 5.24. The van der Waals surface area contributed by atoms with Crippen LogP contribution in [0.2, 0.25) is 0 Å². The zero-order valence-corrected chi connectivity index (χ0v) is 9.57. The molecular formula is C11H11F3N4. The molecule has 0 aliphatic heterocycles. The molecule has 0 amide bonds. The number of aromatic nitrogens is 3. The molecule has 1 aromatic heterocycles. The van der Waals surface area contributed by atoms with E-state index in [1.54, 1.807) is 6.92 Å². The number of nitrogen functional groups attached to an aromatic ring is 1. The van der Waals surface area contributed by atoms with Crippen LogP contribution in [0.25, 0.3) is 11.3 Å². The highest BCUT2D eigenvalue weighted by atomic mass is 19.4. The standard InChI is InChI=1S/C11H11F3N4/c1-2-18-9(10(15)16-17-18)7-5-3-4-6-8(7)11(12,13)14/h3-6H,2,15H2,1H3. The number of hydrogen-bond donors (Lipinski definition) is 1. The Morgan fingerprint density at radius 2 is 1.94 bits per heavy atom. The molecule has 0 fully saturated rings. The highest BCUT2D eigenvalue weighted by molar-refractivity contribution is 5.73. The van der Waals surface area contributed by atoms with Gasteiger partial charge in [0.2, 0.25) is 0 Å². The minimum absolute atomic E-state index is 0.00523. The smallest absolute Gasteiger partial charge is 0.380 e. The summed E-state index contributed by atoms with van der Waals surface area (Å²) >= 11 is 0. The van der Waals surface area contributed by atoms with Gasteiger partial charge in [0.15, 0.2) is 5.82 Å². The Balaban J connectivity index is 2.68. The van der Waals surface area contributed by atoms with Gasteiger partial charge in [0.1, 0.15) is 5.69 Å². The van der Waals surface area contributed by atoms with E-state index in [0.717, 1.165) is 6.07 Å². The molecule has 2 N–H and O–H groups in total. The van der Waals surface area contributed by atoms with E-state index in [4.69, 9.17) is 5.73 Å². The Morgan fingerprint density at radius 3 is 2.56 bits per heavy atom. The summed E-state index contributed by atoms with van der Waals surface area (Å²) in [6.45, 7) is 2.15. The summed E-state index contributed by atoms with van der Waals surface area (Å²) in [6.07, 6.45) is -4.44. The monoisotopic (exact) mass is 256 g/mol. The van der Waals surface area contributed by atoms with E-state index in [0.29, 0.717) is 6.54 Å². The van der Waals surface area contributed by atoms with Crippen LogP contribution in [0.15, 0.2) is 24.3 Å². The first-order valence-corrected chi connectivity index (χ1v) is 5.30. The molecule has 0 spiro atoms. The first-order chi connectivity index (χ1) is 8.45. The zero-order valence-electron chi connectivity index (χ0n) is 9.57. The molecule has 0 aliphatic carbocycles. The van der Waals surface area contributed by atoms with Crippen LogP contribution in [0.5, 0.6) is 0 Å². The molecule has 0 saturated heterocycles. The van der Waals surface area contributed by atoms with Crippen molar-refractivity contribution in [2.45, 2.75) is 19.6 Å². The normalized spacial score (nSPS) is 11.8. The zero-order chi connectivity index (χ0) is 13.3. The summed E-state index contributed by atoms with van der Waals surface area (Å²) in [4.78, 5) is 0. The molecule has 0 unspecified atom stereocenters. The van der Waals surface area contributed by atoms with Gasteiger partial charge in [-0.1, -0.05) is 23.4 Å². The van der Waals surface area contributed by atoms with Gasteiger partial charge in [-0.25, -0.2) is 4.68 Å². The lowest BCUT2D eigenvalue weighted by Gasteiger charge is -2.13. The van der Waals surface area contributed by atoms with E-state index in [-0.39, 0.29) is 17.1 Å². The number of benzene rings is 1. The van der Waals surface area contributed by atoms with Crippen molar-refractivity contribution in [2.24, 2.45) is 0 Å². The minimum atomic E-state index is -4.44. The van der Waals surface area contributed by atoms with E-state index in [1.807, 2.05) is 0 Å². The molecule has 0 saturated carbocycles. The van der Waals surface area contributed by atoms with Crippen molar-refractivity contribution in [3.8, 4) is 11.3 Å². The van der Waals surface area contributed by atoms with Crippen LogP contribution in [-0.2, 0) is 12.7 Å². The maximum atomic E-state index is 12.9. The maximum Gasteiger partial charge on any atom is 0.417 e. The highest BCUT2D eigenvalue weighted by Crippen LogP contribution is 2.38. The topological polar surface area (TPSA) is 56.7 Å². The molecule has 96 valence electrons. The molecular weight excluding hydrogens is 245 g/mol. The minimum Gasteiger partial charge on any atom is -0.380 e. The number of rotatable bonds is 2. The number of aryl methyl sites for hydroxylation is 1. The van der Waals surface area contributed by atoms with Gasteiger partial charge < -0.3 is 5.73 Å². The van der Waals surface area contributed by atoms with Gasteiger partial charge in [0.25, 0.3) is 0 Å². The van der Waals surface area contributed by atoms with E-state index >= 15 is 0 Å². The molecule has 0 aliphatic rings. The summed E-state index contributed by atoms with van der Waals surface area (Å²) in [5, 5.41) is 7.32. The third kappa shape index (κ3) is 2.03. The second-order valence-corrected chi connectivity index (χ2v) is 3.68. The summed E-state index contributed by atoms with van der Waals surface area (Å²) in [7, 11) is 0. The fraction of sp³-hybridized carbons (Fsp3) is 0.273. The third-order valence-corrected chi connectivity index (χ3v) is 2.55. The lowest BCUT2D eigenvalue weighted by Crippen LogP contribution is -2.09. The number of nitrogens with zero attached hydrogens (tertiary/aromatic N) is 3. The van der Waals surface area contributed by atoms with E-state index in [1.165, 1.54) is 22.9 Å². The van der Waals surface area contributed by atoms with E-state index in [2.05, 4.69) is 10.3 Å². The van der Waals surface area contributed by atoms with Gasteiger partial charge in [0, 0.05) is 12.1 Å². The third-order valence-electron chi connectivity index (χ3n) is 2.55. The Kier molecular flexibility index (Phi) is 2.98. The Hall–Kier alpha value is -2.05. The van der Waals surface area contributed by atoms with Crippen LogP contribution in [0, 0.1) is 0 Å². The molecule has 4 nitrogen and oxygen atoms in total. The van der Waals surface area contributed by atoms with Gasteiger partial charge >= 0.3 is 6.18 Å². The van der Waals surface area contributed by atoms with E-state index < -0.39 is 11.7 Å². The molecule has 0 bridgehead atoms. The second kappa shape index (κ2) is 4.32. The number of halogens is 3. The van der Waals surface area contributed by atoms with Crippen molar-refractivity contribution in [1.82, 2.24) is 15.0 Å². The summed E-state index contributed by atoms with van der Waals surface area (Å²) in [5.41, 5.74) is 5.05. The van der Waals surface area contributed by atoms with Gasteiger partial charge in [0.05, 0.1) is 5.56 Å². The molecule has 2 rings (SSSR count). The Morgan fingerprint density at radius 1 is 1.28 bits per heavy atom. The number of alkyl halides is 3. The Labute approximate surface area is 101 Å². The van der Waals surface area contributed by atoms with Crippen molar-refractivity contribution < 1.29 is 13.2 Å². The molecule has 2 aromatic rings. The molecule has 0 radical (unpaired) electrons. The molecule has 1 aromatic carbocycles. The predicted molar refractivity (Wildman–Crippen MR) is 60.5 cm³/mol. The largest absolute Gasteiger partial charge is 0.417 e.